The molecule has 7 heteroatoms. The molecule has 1 amide bonds. The van der Waals surface area contributed by atoms with E-state index in [-0.39, 0.29) is 12.1 Å². The Kier molecular flexibility index (Phi) is 5.55. The third-order valence-corrected chi connectivity index (χ3v) is 3.84. The predicted molar refractivity (Wildman–Crippen MR) is 78.9 cm³/mol. The number of likely N-dealkylation sites (tertiary alicyclic amines) is 1. The SMILES string of the molecule is CCOC(=O)N1CCC(N[C@H](C)c2ncnn2CC)CC1. The van der Waals surface area contributed by atoms with Crippen LogP contribution >= 0.6 is 0 Å². The summed E-state index contributed by atoms with van der Waals surface area (Å²) in [5.74, 6) is 0.963. The minimum absolute atomic E-state index is 0.159. The molecule has 0 aromatic carbocycles. The highest BCUT2D eigenvalue weighted by molar-refractivity contribution is 5.67. The Morgan fingerprint density at radius 1 is 1.48 bits per heavy atom. The molecular formula is C14H25N5O2. The molecule has 0 bridgehead atoms. The summed E-state index contributed by atoms with van der Waals surface area (Å²) in [6.07, 6.45) is 3.27. The molecule has 1 saturated heterocycles. The van der Waals surface area contributed by atoms with Gasteiger partial charge in [0.1, 0.15) is 12.2 Å². The summed E-state index contributed by atoms with van der Waals surface area (Å²) in [7, 11) is 0. The van der Waals surface area contributed by atoms with Gasteiger partial charge < -0.3 is 15.0 Å². The number of aromatic nitrogens is 3. The normalized spacial score (nSPS) is 17.8. The van der Waals surface area contributed by atoms with E-state index in [1.165, 1.54) is 0 Å². The molecule has 1 aliphatic rings. The third kappa shape index (κ3) is 3.93. The Morgan fingerprint density at radius 3 is 2.81 bits per heavy atom. The molecule has 1 aliphatic heterocycles. The van der Waals surface area contributed by atoms with Crippen LogP contribution < -0.4 is 5.32 Å². The molecule has 2 heterocycles. The van der Waals surface area contributed by atoms with E-state index in [1.807, 2.05) is 11.6 Å². The van der Waals surface area contributed by atoms with Crippen LogP contribution in [-0.2, 0) is 11.3 Å². The molecule has 1 aromatic rings. The smallest absolute Gasteiger partial charge is 0.409 e. The van der Waals surface area contributed by atoms with E-state index in [0.29, 0.717) is 12.6 Å². The second-order valence-electron chi connectivity index (χ2n) is 5.28. The van der Waals surface area contributed by atoms with Crippen LogP contribution in [0.1, 0.15) is 45.5 Å². The first kappa shape index (κ1) is 15.8. The standard InChI is InChI=1S/C14H25N5O2/c1-4-19-13(15-10-16-19)11(3)17-12-6-8-18(9-7-12)14(20)21-5-2/h10-12,17H,4-9H2,1-3H3/t11-/m1/s1. The van der Waals surface area contributed by atoms with Crippen LogP contribution in [0, 0.1) is 0 Å². The van der Waals surface area contributed by atoms with E-state index in [1.54, 1.807) is 11.2 Å². The molecule has 1 aromatic heterocycles. The second-order valence-corrected chi connectivity index (χ2v) is 5.28. The fourth-order valence-electron chi connectivity index (χ4n) is 2.72. The van der Waals surface area contributed by atoms with E-state index in [4.69, 9.17) is 4.74 Å². The number of hydrogen-bond acceptors (Lipinski definition) is 5. The van der Waals surface area contributed by atoms with Gasteiger partial charge in [0.25, 0.3) is 0 Å². The zero-order valence-electron chi connectivity index (χ0n) is 13.1. The van der Waals surface area contributed by atoms with Crippen molar-refractivity contribution in [2.24, 2.45) is 0 Å². The van der Waals surface area contributed by atoms with Crippen molar-refractivity contribution in [2.45, 2.75) is 52.2 Å². The molecule has 0 unspecified atom stereocenters. The lowest BCUT2D eigenvalue weighted by Crippen LogP contribution is -2.45. The van der Waals surface area contributed by atoms with Crippen molar-refractivity contribution in [1.82, 2.24) is 25.0 Å². The van der Waals surface area contributed by atoms with E-state index in [2.05, 4.69) is 29.2 Å². The molecule has 7 nitrogen and oxygen atoms in total. The minimum atomic E-state index is -0.199. The van der Waals surface area contributed by atoms with Gasteiger partial charge in [0.15, 0.2) is 0 Å². The number of nitrogens with one attached hydrogen (secondary N) is 1. The quantitative estimate of drug-likeness (QED) is 0.892. The van der Waals surface area contributed by atoms with Gasteiger partial charge in [-0.25, -0.2) is 14.5 Å². The van der Waals surface area contributed by atoms with Crippen LogP contribution in [0.5, 0.6) is 0 Å². The van der Waals surface area contributed by atoms with Gasteiger partial charge >= 0.3 is 6.09 Å². The van der Waals surface area contributed by atoms with Crippen LogP contribution in [0.25, 0.3) is 0 Å². The molecule has 1 atom stereocenters. The lowest BCUT2D eigenvalue weighted by molar-refractivity contribution is 0.0942. The number of rotatable bonds is 5. The zero-order valence-corrected chi connectivity index (χ0v) is 13.1. The Hall–Kier alpha value is -1.63. The lowest BCUT2D eigenvalue weighted by Gasteiger charge is -2.33. The van der Waals surface area contributed by atoms with Crippen LogP contribution in [0.3, 0.4) is 0 Å². The van der Waals surface area contributed by atoms with Gasteiger partial charge in [-0.05, 0) is 33.6 Å². The average Bonchev–Trinajstić information content (AvgIpc) is 2.97. The summed E-state index contributed by atoms with van der Waals surface area (Å²) in [4.78, 5) is 17.8. The lowest BCUT2D eigenvalue weighted by atomic mass is 10.0. The summed E-state index contributed by atoms with van der Waals surface area (Å²) in [6, 6.07) is 0.555. The minimum Gasteiger partial charge on any atom is -0.450 e. The van der Waals surface area contributed by atoms with Crippen molar-refractivity contribution >= 4 is 6.09 Å². The number of hydrogen-bond donors (Lipinski definition) is 1. The molecule has 21 heavy (non-hydrogen) atoms. The van der Waals surface area contributed by atoms with Crippen molar-refractivity contribution in [1.29, 1.82) is 0 Å². The monoisotopic (exact) mass is 295 g/mol. The Balaban J connectivity index is 1.82. The fraction of sp³-hybridized carbons (Fsp3) is 0.786. The Morgan fingerprint density at radius 2 is 2.19 bits per heavy atom. The van der Waals surface area contributed by atoms with Gasteiger partial charge in [-0.1, -0.05) is 0 Å². The van der Waals surface area contributed by atoms with Crippen molar-refractivity contribution < 1.29 is 9.53 Å². The molecule has 1 N–H and O–H groups in total. The van der Waals surface area contributed by atoms with Gasteiger partial charge in [0, 0.05) is 25.7 Å². The summed E-state index contributed by atoms with van der Waals surface area (Å²) < 4.78 is 6.94. The maximum Gasteiger partial charge on any atom is 0.409 e. The maximum atomic E-state index is 11.7. The predicted octanol–water partition coefficient (Wildman–Crippen LogP) is 1.57. The van der Waals surface area contributed by atoms with Crippen LogP contribution in [0.2, 0.25) is 0 Å². The molecule has 118 valence electrons. The topological polar surface area (TPSA) is 72.3 Å². The van der Waals surface area contributed by atoms with Crippen molar-refractivity contribution in [2.75, 3.05) is 19.7 Å². The Bertz CT molecular complexity index is 454. The molecule has 0 aliphatic carbocycles. The first-order valence-corrected chi connectivity index (χ1v) is 7.71. The summed E-state index contributed by atoms with van der Waals surface area (Å²) in [6.45, 7) is 8.73. The summed E-state index contributed by atoms with van der Waals surface area (Å²) in [5, 5.41) is 7.79. The number of nitrogens with zero attached hydrogens (tertiary/aromatic N) is 4. The number of carbonyl (C=O) groups excluding carboxylic acids is 1. The highest BCUT2D eigenvalue weighted by Gasteiger charge is 2.25. The molecule has 1 fully saturated rings. The summed E-state index contributed by atoms with van der Waals surface area (Å²) >= 11 is 0. The molecule has 0 spiro atoms. The first-order chi connectivity index (χ1) is 10.2. The largest absolute Gasteiger partial charge is 0.450 e. The maximum absolute atomic E-state index is 11.7. The highest BCUT2D eigenvalue weighted by Crippen LogP contribution is 2.16. The van der Waals surface area contributed by atoms with Crippen LogP contribution in [-0.4, -0.2) is 51.5 Å². The van der Waals surface area contributed by atoms with Crippen molar-refractivity contribution in [3.8, 4) is 0 Å². The number of amides is 1. The highest BCUT2D eigenvalue weighted by atomic mass is 16.6. The summed E-state index contributed by atoms with van der Waals surface area (Å²) in [5.41, 5.74) is 0. The van der Waals surface area contributed by atoms with Crippen molar-refractivity contribution in [3.05, 3.63) is 12.2 Å². The van der Waals surface area contributed by atoms with E-state index >= 15 is 0 Å². The third-order valence-electron chi connectivity index (χ3n) is 3.84. The molecule has 0 saturated carbocycles. The fourth-order valence-corrected chi connectivity index (χ4v) is 2.72. The second kappa shape index (κ2) is 7.40. The van der Waals surface area contributed by atoms with Crippen LogP contribution in [0.4, 0.5) is 4.79 Å². The van der Waals surface area contributed by atoms with E-state index in [9.17, 15) is 4.79 Å². The van der Waals surface area contributed by atoms with E-state index in [0.717, 1.165) is 38.3 Å². The first-order valence-electron chi connectivity index (χ1n) is 7.71. The molecule has 2 rings (SSSR count). The van der Waals surface area contributed by atoms with Gasteiger partial charge in [-0.2, -0.15) is 5.10 Å². The number of piperidine rings is 1. The average molecular weight is 295 g/mol. The van der Waals surface area contributed by atoms with Gasteiger partial charge in [-0.3, -0.25) is 0 Å². The number of carbonyl (C=O) groups is 1. The molecular weight excluding hydrogens is 270 g/mol. The molecule has 0 radical (unpaired) electrons. The number of ether oxygens (including phenoxy) is 1. The van der Waals surface area contributed by atoms with Gasteiger partial charge in [-0.15, -0.1) is 0 Å². The zero-order chi connectivity index (χ0) is 15.2. The van der Waals surface area contributed by atoms with Gasteiger partial charge in [0.2, 0.25) is 0 Å². The van der Waals surface area contributed by atoms with E-state index < -0.39 is 0 Å². The van der Waals surface area contributed by atoms with Crippen molar-refractivity contribution in [3.63, 3.8) is 0 Å². The Labute approximate surface area is 125 Å². The number of aryl methyl sites for hydroxylation is 1. The van der Waals surface area contributed by atoms with Gasteiger partial charge in [0.05, 0.1) is 12.6 Å². The van der Waals surface area contributed by atoms with Crippen LogP contribution in [0.15, 0.2) is 6.33 Å².